The fraction of sp³-hybridized carbons (Fsp3) is 0.333. The highest BCUT2D eigenvalue weighted by molar-refractivity contribution is 5.61. The molecule has 1 aromatic rings. The summed E-state index contributed by atoms with van der Waals surface area (Å²) < 4.78 is 0. The largest absolute Gasteiger partial charge is 0.399 e. The summed E-state index contributed by atoms with van der Waals surface area (Å²) >= 11 is 0. The van der Waals surface area contributed by atoms with Crippen LogP contribution in [0.2, 0.25) is 0 Å². The summed E-state index contributed by atoms with van der Waals surface area (Å²) in [7, 11) is 0. The first-order valence-corrected chi connectivity index (χ1v) is 4.13. The van der Waals surface area contributed by atoms with Gasteiger partial charge in [0, 0.05) is 24.0 Å². The topological polar surface area (TPSA) is 64.1 Å². The van der Waals surface area contributed by atoms with Gasteiger partial charge in [0.2, 0.25) is 0 Å². The molecule has 0 bridgehead atoms. The van der Waals surface area contributed by atoms with Crippen molar-refractivity contribution in [3.8, 4) is 0 Å². The van der Waals surface area contributed by atoms with Gasteiger partial charge in [0.25, 0.3) is 0 Å². The molecule has 64 valence electrons. The predicted octanol–water partition coefficient (Wildman–Crippen LogP) is 0.564. The average molecular weight is 163 g/mol. The van der Waals surface area contributed by atoms with Crippen molar-refractivity contribution in [3.63, 3.8) is 0 Å². The number of fused-ring (bicyclic) bond motifs is 1. The first-order valence-electron chi connectivity index (χ1n) is 4.13. The molecule has 2 rings (SSSR count). The molecule has 0 fully saturated rings. The third-order valence-electron chi connectivity index (χ3n) is 2.17. The summed E-state index contributed by atoms with van der Waals surface area (Å²) in [6.07, 6.45) is 0.947. The molecule has 5 N–H and O–H groups in total. The van der Waals surface area contributed by atoms with Gasteiger partial charge in [-0.25, -0.2) is 0 Å². The van der Waals surface area contributed by atoms with Gasteiger partial charge < -0.3 is 16.8 Å². The van der Waals surface area contributed by atoms with Crippen molar-refractivity contribution in [2.45, 2.75) is 12.5 Å². The zero-order valence-electron chi connectivity index (χ0n) is 6.88. The summed E-state index contributed by atoms with van der Waals surface area (Å²) in [6.45, 7) is 0.844. The monoisotopic (exact) mass is 163 g/mol. The van der Waals surface area contributed by atoms with E-state index in [1.807, 2.05) is 18.2 Å². The molecule has 12 heavy (non-hydrogen) atoms. The lowest BCUT2D eigenvalue weighted by Crippen LogP contribution is -2.35. The van der Waals surface area contributed by atoms with Crippen LogP contribution in [0.5, 0.6) is 0 Å². The van der Waals surface area contributed by atoms with E-state index in [4.69, 9.17) is 11.5 Å². The third kappa shape index (κ3) is 1.23. The first-order chi connectivity index (χ1) is 5.75. The minimum Gasteiger partial charge on any atom is -0.399 e. The molecule has 0 radical (unpaired) electrons. The molecule has 1 aliphatic rings. The smallest absolute Gasteiger partial charge is 0.0394 e. The molecule has 0 aliphatic carbocycles. The lowest BCUT2D eigenvalue weighted by molar-refractivity contribution is 0.679. The Labute approximate surface area is 71.8 Å². The molecular weight excluding hydrogens is 150 g/mol. The van der Waals surface area contributed by atoms with Gasteiger partial charge in [-0.15, -0.1) is 0 Å². The Kier molecular flexibility index (Phi) is 1.66. The minimum absolute atomic E-state index is 0.237. The molecule has 0 unspecified atom stereocenters. The summed E-state index contributed by atoms with van der Waals surface area (Å²) in [5.74, 6) is 0. The number of benzene rings is 1. The van der Waals surface area contributed by atoms with Gasteiger partial charge in [-0.1, -0.05) is 6.07 Å². The second-order valence-corrected chi connectivity index (χ2v) is 3.26. The normalized spacial score (nSPS) is 21.2. The number of anilines is 2. The molecule has 0 saturated heterocycles. The van der Waals surface area contributed by atoms with Crippen LogP contribution in [0, 0.1) is 0 Å². The Morgan fingerprint density at radius 1 is 1.42 bits per heavy atom. The van der Waals surface area contributed by atoms with Crippen molar-refractivity contribution in [2.75, 3.05) is 17.6 Å². The molecule has 1 aliphatic heterocycles. The average Bonchev–Trinajstić information content (AvgIpc) is 2.05. The fourth-order valence-corrected chi connectivity index (χ4v) is 1.53. The van der Waals surface area contributed by atoms with Gasteiger partial charge >= 0.3 is 0 Å². The van der Waals surface area contributed by atoms with E-state index in [-0.39, 0.29) is 6.04 Å². The Bertz CT molecular complexity index is 296. The molecule has 1 heterocycles. The SMILES string of the molecule is Nc1ccc2c(c1)NC[C@H](N)C2. The predicted molar refractivity (Wildman–Crippen MR) is 51.0 cm³/mol. The molecule has 1 atom stereocenters. The highest BCUT2D eigenvalue weighted by atomic mass is 14.9. The lowest BCUT2D eigenvalue weighted by Gasteiger charge is -2.23. The number of nitrogens with two attached hydrogens (primary N) is 2. The van der Waals surface area contributed by atoms with Crippen molar-refractivity contribution in [3.05, 3.63) is 23.8 Å². The number of rotatable bonds is 0. The summed E-state index contributed by atoms with van der Waals surface area (Å²) in [5.41, 5.74) is 14.6. The van der Waals surface area contributed by atoms with Crippen LogP contribution in [-0.4, -0.2) is 12.6 Å². The Morgan fingerprint density at radius 3 is 3.08 bits per heavy atom. The molecule has 0 amide bonds. The van der Waals surface area contributed by atoms with Crippen LogP contribution in [-0.2, 0) is 6.42 Å². The van der Waals surface area contributed by atoms with Gasteiger partial charge in [0.15, 0.2) is 0 Å². The van der Waals surface area contributed by atoms with E-state index in [1.165, 1.54) is 5.56 Å². The molecular formula is C9H13N3. The summed E-state index contributed by atoms with van der Waals surface area (Å²) in [5, 5.41) is 3.25. The lowest BCUT2D eigenvalue weighted by atomic mass is 10.00. The van der Waals surface area contributed by atoms with Gasteiger partial charge in [-0.3, -0.25) is 0 Å². The Morgan fingerprint density at radius 2 is 2.25 bits per heavy atom. The van der Waals surface area contributed by atoms with Crippen molar-refractivity contribution in [1.82, 2.24) is 0 Å². The van der Waals surface area contributed by atoms with Crippen molar-refractivity contribution >= 4 is 11.4 Å². The van der Waals surface area contributed by atoms with E-state index in [0.29, 0.717) is 0 Å². The molecule has 3 heteroatoms. The van der Waals surface area contributed by atoms with Crippen LogP contribution in [0.25, 0.3) is 0 Å². The Balaban J connectivity index is 2.37. The highest BCUT2D eigenvalue weighted by Gasteiger charge is 2.13. The maximum absolute atomic E-state index is 5.79. The maximum Gasteiger partial charge on any atom is 0.0394 e. The second-order valence-electron chi connectivity index (χ2n) is 3.26. The zero-order chi connectivity index (χ0) is 8.55. The number of nitrogens with one attached hydrogen (secondary N) is 1. The van der Waals surface area contributed by atoms with Crippen molar-refractivity contribution < 1.29 is 0 Å². The summed E-state index contributed by atoms with van der Waals surface area (Å²) in [6, 6.07) is 6.15. The van der Waals surface area contributed by atoms with E-state index in [9.17, 15) is 0 Å². The zero-order valence-corrected chi connectivity index (χ0v) is 6.88. The Hall–Kier alpha value is -1.22. The van der Waals surface area contributed by atoms with E-state index < -0.39 is 0 Å². The molecule has 3 nitrogen and oxygen atoms in total. The fourth-order valence-electron chi connectivity index (χ4n) is 1.53. The van der Waals surface area contributed by atoms with E-state index in [2.05, 4.69) is 5.32 Å². The number of hydrogen-bond acceptors (Lipinski definition) is 3. The minimum atomic E-state index is 0.237. The van der Waals surface area contributed by atoms with Crippen molar-refractivity contribution in [1.29, 1.82) is 0 Å². The maximum atomic E-state index is 5.79. The number of nitrogen functional groups attached to an aromatic ring is 1. The van der Waals surface area contributed by atoms with Gasteiger partial charge in [0.1, 0.15) is 0 Å². The van der Waals surface area contributed by atoms with Crippen molar-refractivity contribution in [2.24, 2.45) is 5.73 Å². The third-order valence-corrected chi connectivity index (χ3v) is 2.17. The van der Waals surface area contributed by atoms with Crippen LogP contribution in [0.1, 0.15) is 5.56 Å². The van der Waals surface area contributed by atoms with Crippen LogP contribution >= 0.6 is 0 Å². The quantitative estimate of drug-likeness (QED) is 0.490. The van der Waals surface area contributed by atoms with E-state index in [0.717, 1.165) is 24.3 Å². The van der Waals surface area contributed by atoms with Crippen LogP contribution in [0.15, 0.2) is 18.2 Å². The van der Waals surface area contributed by atoms with Gasteiger partial charge in [-0.2, -0.15) is 0 Å². The van der Waals surface area contributed by atoms with Gasteiger partial charge in [-0.05, 0) is 24.1 Å². The molecule has 0 aromatic heterocycles. The van der Waals surface area contributed by atoms with Crippen LogP contribution in [0.3, 0.4) is 0 Å². The molecule has 0 spiro atoms. The van der Waals surface area contributed by atoms with Gasteiger partial charge in [0.05, 0.1) is 0 Å². The van der Waals surface area contributed by atoms with E-state index >= 15 is 0 Å². The number of hydrogen-bond donors (Lipinski definition) is 3. The first kappa shape index (κ1) is 7.43. The van der Waals surface area contributed by atoms with Crippen LogP contribution in [0.4, 0.5) is 11.4 Å². The molecule has 0 saturated carbocycles. The highest BCUT2D eigenvalue weighted by Crippen LogP contribution is 2.23. The van der Waals surface area contributed by atoms with E-state index in [1.54, 1.807) is 0 Å². The second kappa shape index (κ2) is 2.68. The standard InChI is InChI=1S/C9H13N3/c10-7-2-1-6-3-8(11)5-12-9(6)4-7/h1-2,4,8,12H,3,5,10-11H2/t8-/m1/s1. The van der Waals surface area contributed by atoms with Crippen LogP contribution < -0.4 is 16.8 Å². The summed E-state index contributed by atoms with van der Waals surface area (Å²) in [4.78, 5) is 0. The molecule has 1 aromatic carbocycles.